The molecule has 1 N–H and O–H groups in total. The number of nitro groups is 1. The summed E-state index contributed by atoms with van der Waals surface area (Å²) in [5, 5.41) is 11.1. The van der Waals surface area contributed by atoms with Gasteiger partial charge < -0.3 is 4.74 Å². The number of benzene rings is 2. The van der Waals surface area contributed by atoms with Crippen molar-refractivity contribution in [1.82, 2.24) is 0 Å². The fourth-order valence-corrected chi connectivity index (χ4v) is 2.64. The lowest BCUT2D eigenvalue weighted by molar-refractivity contribution is -0.385. The van der Waals surface area contributed by atoms with Gasteiger partial charge in [0, 0.05) is 6.07 Å². The number of nitro benzene ring substituents is 1. The number of sulfonamides is 1. The molecule has 0 radical (unpaired) electrons. The van der Waals surface area contributed by atoms with Crippen LogP contribution in [0.1, 0.15) is 11.1 Å². The number of hydrogen-bond donors (Lipinski definition) is 1. The number of nitrogens with one attached hydrogen (secondary N) is 1. The number of anilines is 1. The van der Waals surface area contributed by atoms with Crippen LogP contribution in [-0.2, 0) is 16.6 Å². The zero-order chi connectivity index (χ0) is 17.0. The van der Waals surface area contributed by atoms with E-state index in [1.807, 2.05) is 30.3 Å². The summed E-state index contributed by atoms with van der Waals surface area (Å²) in [7, 11) is -3.53. The standard InChI is InChI=1S/C15H16N2O5S/c1-11-14(17(18)19)9-8-13(16-23(2,20)21)15(11)22-10-12-6-4-3-5-7-12/h3-9,16H,10H2,1-2H3. The van der Waals surface area contributed by atoms with Crippen LogP contribution in [0.15, 0.2) is 42.5 Å². The Balaban J connectivity index is 2.39. The van der Waals surface area contributed by atoms with Crippen molar-refractivity contribution in [3.05, 3.63) is 63.7 Å². The van der Waals surface area contributed by atoms with Crippen LogP contribution in [0.3, 0.4) is 0 Å². The molecule has 0 bridgehead atoms. The van der Waals surface area contributed by atoms with Crippen LogP contribution in [0.5, 0.6) is 5.75 Å². The summed E-state index contributed by atoms with van der Waals surface area (Å²) in [6, 6.07) is 11.8. The van der Waals surface area contributed by atoms with Gasteiger partial charge in [0.05, 0.1) is 22.4 Å². The Morgan fingerprint density at radius 1 is 1.17 bits per heavy atom. The minimum Gasteiger partial charge on any atom is -0.486 e. The Morgan fingerprint density at radius 3 is 2.39 bits per heavy atom. The monoisotopic (exact) mass is 336 g/mol. The van der Waals surface area contributed by atoms with Crippen molar-refractivity contribution in [3.63, 3.8) is 0 Å². The SMILES string of the molecule is Cc1c([N+](=O)[O-])ccc(NS(C)(=O)=O)c1OCc1ccccc1. The molecule has 0 aliphatic carbocycles. The molecule has 0 saturated heterocycles. The third kappa shape index (κ3) is 4.43. The van der Waals surface area contributed by atoms with Gasteiger partial charge in [-0.2, -0.15) is 0 Å². The Hall–Kier alpha value is -2.61. The molecule has 8 heteroatoms. The van der Waals surface area contributed by atoms with E-state index in [2.05, 4.69) is 4.72 Å². The van der Waals surface area contributed by atoms with Gasteiger partial charge in [-0.05, 0) is 18.6 Å². The Morgan fingerprint density at radius 2 is 1.83 bits per heavy atom. The van der Waals surface area contributed by atoms with Crippen molar-refractivity contribution in [2.75, 3.05) is 11.0 Å². The van der Waals surface area contributed by atoms with Crippen molar-refractivity contribution in [2.45, 2.75) is 13.5 Å². The molecule has 23 heavy (non-hydrogen) atoms. The highest BCUT2D eigenvalue weighted by atomic mass is 32.2. The lowest BCUT2D eigenvalue weighted by Crippen LogP contribution is -2.12. The lowest BCUT2D eigenvalue weighted by Gasteiger charge is -2.15. The second kappa shape index (κ2) is 6.66. The largest absolute Gasteiger partial charge is 0.486 e. The molecule has 0 amide bonds. The summed E-state index contributed by atoms with van der Waals surface area (Å²) >= 11 is 0. The molecule has 0 aliphatic rings. The first-order chi connectivity index (χ1) is 10.8. The van der Waals surface area contributed by atoms with Crippen molar-refractivity contribution in [2.24, 2.45) is 0 Å². The average Bonchev–Trinajstić information content (AvgIpc) is 2.46. The van der Waals surface area contributed by atoms with E-state index in [-0.39, 0.29) is 29.3 Å². The Bertz CT molecular complexity index is 819. The molecule has 0 aromatic heterocycles. The van der Waals surface area contributed by atoms with Crippen LogP contribution in [0, 0.1) is 17.0 Å². The molecule has 2 aromatic carbocycles. The van der Waals surface area contributed by atoms with Crippen LogP contribution in [0.25, 0.3) is 0 Å². The van der Waals surface area contributed by atoms with Crippen molar-refractivity contribution < 1.29 is 18.1 Å². The second-order valence-corrected chi connectivity index (χ2v) is 6.74. The van der Waals surface area contributed by atoms with E-state index in [0.29, 0.717) is 0 Å². The van der Waals surface area contributed by atoms with Gasteiger partial charge in [0.25, 0.3) is 5.69 Å². The highest BCUT2D eigenvalue weighted by molar-refractivity contribution is 7.92. The van der Waals surface area contributed by atoms with E-state index in [4.69, 9.17) is 4.74 Å². The smallest absolute Gasteiger partial charge is 0.276 e. The highest BCUT2D eigenvalue weighted by Crippen LogP contribution is 2.36. The molecular formula is C15H16N2O5S. The number of ether oxygens (including phenoxy) is 1. The first-order valence-corrected chi connectivity index (χ1v) is 8.59. The molecule has 0 spiro atoms. The molecule has 0 atom stereocenters. The van der Waals surface area contributed by atoms with Crippen molar-refractivity contribution >= 4 is 21.4 Å². The summed E-state index contributed by atoms with van der Waals surface area (Å²) in [4.78, 5) is 10.5. The van der Waals surface area contributed by atoms with Gasteiger partial charge in [0.1, 0.15) is 6.61 Å². The van der Waals surface area contributed by atoms with Crippen LogP contribution >= 0.6 is 0 Å². The van der Waals surface area contributed by atoms with Gasteiger partial charge in [0.15, 0.2) is 5.75 Å². The summed E-state index contributed by atoms with van der Waals surface area (Å²) < 4.78 is 30.9. The first kappa shape index (κ1) is 16.8. The van der Waals surface area contributed by atoms with E-state index in [9.17, 15) is 18.5 Å². The summed E-state index contributed by atoms with van der Waals surface area (Å²) in [5.41, 5.74) is 1.17. The maximum Gasteiger partial charge on any atom is 0.276 e. The van der Waals surface area contributed by atoms with E-state index >= 15 is 0 Å². The topological polar surface area (TPSA) is 98.5 Å². The molecule has 0 heterocycles. The summed E-state index contributed by atoms with van der Waals surface area (Å²) in [6.45, 7) is 1.69. The lowest BCUT2D eigenvalue weighted by atomic mass is 10.1. The van der Waals surface area contributed by atoms with Gasteiger partial charge >= 0.3 is 0 Å². The third-order valence-corrected chi connectivity index (χ3v) is 3.69. The molecule has 0 fully saturated rings. The van der Waals surface area contributed by atoms with Crippen molar-refractivity contribution in [1.29, 1.82) is 0 Å². The van der Waals surface area contributed by atoms with Gasteiger partial charge in [0.2, 0.25) is 10.0 Å². The van der Waals surface area contributed by atoms with Crippen LogP contribution < -0.4 is 9.46 Å². The summed E-state index contributed by atoms with van der Waals surface area (Å²) in [6.07, 6.45) is 1.00. The quantitative estimate of drug-likeness (QED) is 0.646. The molecule has 7 nitrogen and oxygen atoms in total. The van der Waals surface area contributed by atoms with Crippen molar-refractivity contribution in [3.8, 4) is 5.75 Å². The Labute approximate surface area is 134 Å². The predicted octanol–water partition coefficient (Wildman–Crippen LogP) is 2.85. The zero-order valence-corrected chi connectivity index (χ0v) is 13.5. The Kier molecular flexibility index (Phi) is 4.85. The number of nitrogens with zero attached hydrogens (tertiary/aromatic N) is 1. The van der Waals surface area contributed by atoms with E-state index in [0.717, 1.165) is 11.8 Å². The molecule has 0 unspecified atom stereocenters. The summed E-state index contributed by atoms with van der Waals surface area (Å²) in [5.74, 6) is 0.147. The second-order valence-electron chi connectivity index (χ2n) is 4.99. The molecule has 122 valence electrons. The normalized spacial score (nSPS) is 11.0. The van der Waals surface area contributed by atoms with E-state index in [1.54, 1.807) is 0 Å². The third-order valence-electron chi connectivity index (χ3n) is 3.10. The minimum absolute atomic E-state index is 0.132. The van der Waals surface area contributed by atoms with Gasteiger partial charge in [-0.15, -0.1) is 0 Å². The molecular weight excluding hydrogens is 320 g/mol. The predicted molar refractivity (Wildman–Crippen MR) is 87.1 cm³/mol. The first-order valence-electron chi connectivity index (χ1n) is 6.70. The highest BCUT2D eigenvalue weighted by Gasteiger charge is 2.20. The molecule has 2 aromatic rings. The maximum atomic E-state index is 11.5. The number of rotatable bonds is 6. The van der Waals surface area contributed by atoms with E-state index in [1.165, 1.54) is 19.1 Å². The molecule has 2 rings (SSSR count). The van der Waals surface area contributed by atoms with Gasteiger partial charge in [-0.25, -0.2) is 8.42 Å². The zero-order valence-electron chi connectivity index (χ0n) is 12.6. The fourth-order valence-electron chi connectivity index (χ4n) is 2.07. The number of hydrogen-bond acceptors (Lipinski definition) is 5. The molecule has 0 aliphatic heterocycles. The maximum absolute atomic E-state index is 11.5. The van der Waals surface area contributed by atoms with Crippen LogP contribution in [0.2, 0.25) is 0 Å². The van der Waals surface area contributed by atoms with Gasteiger partial charge in [-0.3, -0.25) is 14.8 Å². The minimum atomic E-state index is -3.53. The van der Waals surface area contributed by atoms with Crippen LogP contribution in [-0.4, -0.2) is 19.6 Å². The average molecular weight is 336 g/mol. The van der Waals surface area contributed by atoms with E-state index < -0.39 is 14.9 Å². The molecule has 0 saturated carbocycles. The van der Waals surface area contributed by atoms with Crippen LogP contribution in [0.4, 0.5) is 11.4 Å². The van der Waals surface area contributed by atoms with Gasteiger partial charge in [-0.1, -0.05) is 30.3 Å². The fraction of sp³-hybridized carbons (Fsp3) is 0.200.